The summed E-state index contributed by atoms with van der Waals surface area (Å²) in [5, 5.41) is 9.68. The lowest BCUT2D eigenvalue weighted by molar-refractivity contribution is 1.23. The van der Waals surface area contributed by atoms with Gasteiger partial charge in [0.25, 0.3) is 0 Å². The minimum Gasteiger partial charge on any atom is -0.151 e. The van der Waals surface area contributed by atoms with Crippen LogP contribution in [-0.4, -0.2) is 0 Å². The van der Waals surface area contributed by atoms with Gasteiger partial charge in [-0.25, -0.2) is 0 Å². The second-order valence-corrected chi connectivity index (χ2v) is 5.50. The van der Waals surface area contributed by atoms with E-state index in [0.717, 1.165) is 22.5 Å². The summed E-state index contributed by atoms with van der Waals surface area (Å²) in [4.78, 5) is 0. The van der Waals surface area contributed by atoms with Gasteiger partial charge in [0.05, 0.1) is 21.4 Å². The molecule has 0 radical (unpaired) electrons. The van der Waals surface area contributed by atoms with Crippen LogP contribution in [-0.2, 0) is 0 Å². The summed E-state index contributed by atoms with van der Waals surface area (Å²) in [6.07, 6.45) is 0. The van der Waals surface area contributed by atoms with Crippen molar-refractivity contribution in [3.63, 3.8) is 0 Å². The molecule has 0 heterocycles. The average Bonchev–Trinajstić information content (AvgIpc) is 2.57. The van der Waals surface area contributed by atoms with Crippen LogP contribution in [0.4, 0.5) is 11.4 Å². The van der Waals surface area contributed by atoms with Crippen molar-refractivity contribution in [2.24, 2.45) is 10.2 Å². The third-order valence-electron chi connectivity index (χ3n) is 3.16. The Morgan fingerprint density at radius 2 is 1.36 bits per heavy atom. The molecule has 0 amide bonds. The molecule has 0 aliphatic heterocycles. The lowest BCUT2D eigenvalue weighted by Gasteiger charge is -2.06. The van der Waals surface area contributed by atoms with Crippen LogP contribution in [0.2, 0.25) is 10.0 Å². The van der Waals surface area contributed by atoms with Gasteiger partial charge in [-0.3, -0.25) is 0 Å². The first-order chi connectivity index (χ1) is 10.7. The maximum Gasteiger partial charge on any atom is 0.0935 e. The van der Waals surface area contributed by atoms with Crippen molar-refractivity contribution >= 4 is 34.6 Å². The molecule has 0 fully saturated rings. The molecule has 0 aromatic heterocycles. The van der Waals surface area contributed by atoms with Crippen molar-refractivity contribution in [1.82, 2.24) is 0 Å². The number of rotatable bonds is 3. The zero-order valence-corrected chi connectivity index (χ0v) is 13.1. The first kappa shape index (κ1) is 14.8. The lowest BCUT2D eigenvalue weighted by Crippen LogP contribution is -1.79. The number of nitrogens with zero attached hydrogens (tertiary/aromatic N) is 2. The molecular formula is C18H12Cl2N2. The van der Waals surface area contributed by atoms with Crippen molar-refractivity contribution in [1.29, 1.82) is 0 Å². The Morgan fingerprint density at radius 3 is 2.14 bits per heavy atom. The normalized spacial score (nSPS) is 11.0. The van der Waals surface area contributed by atoms with E-state index in [1.54, 1.807) is 6.07 Å². The third-order valence-corrected chi connectivity index (χ3v) is 3.90. The summed E-state index contributed by atoms with van der Waals surface area (Å²) in [5.74, 6) is 0. The first-order valence-corrected chi connectivity index (χ1v) is 7.51. The molecule has 0 saturated carbocycles. The van der Waals surface area contributed by atoms with Crippen molar-refractivity contribution < 1.29 is 0 Å². The van der Waals surface area contributed by atoms with E-state index in [9.17, 15) is 0 Å². The Morgan fingerprint density at radius 1 is 0.636 bits per heavy atom. The molecule has 0 saturated heterocycles. The lowest BCUT2D eigenvalue weighted by atomic mass is 10.0. The maximum absolute atomic E-state index is 6.10. The fourth-order valence-electron chi connectivity index (χ4n) is 2.07. The van der Waals surface area contributed by atoms with E-state index in [1.807, 2.05) is 66.7 Å². The average molecular weight is 327 g/mol. The Balaban J connectivity index is 1.99. The molecule has 22 heavy (non-hydrogen) atoms. The smallest absolute Gasteiger partial charge is 0.0935 e. The quantitative estimate of drug-likeness (QED) is 0.459. The zero-order chi connectivity index (χ0) is 15.4. The monoisotopic (exact) mass is 326 g/mol. The molecular weight excluding hydrogens is 315 g/mol. The van der Waals surface area contributed by atoms with E-state index in [-0.39, 0.29) is 0 Å². The minimum absolute atomic E-state index is 0.522. The van der Waals surface area contributed by atoms with E-state index >= 15 is 0 Å². The maximum atomic E-state index is 6.10. The predicted molar refractivity (Wildman–Crippen MR) is 92.5 cm³/mol. The molecule has 0 spiro atoms. The fraction of sp³-hybridized carbons (Fsp3) is 0. The van der Waals surface area contributed by atoms with Crippen LogP contribution in [0.25, 0.3) is 11.1 Å². The van der Waals surface area contributed by atoms with E-state index in [1.165, 1.54) is 0 Å². The van der Waals surface area contributed by atoms with Crippen molar-refractivity contribution in [2.75, 3.05) is 0 Å². The minimum atomic E-state index is 0.522. The fourth-order valence-corrected chi connectivity index (χ4v) is 2.37. The van der Waals surface area contributed by atoms with Gasteiger partial charge in [-0.05, 0) is 35.9 Å². The van der Waals surface area contributed by atoms with Crippen molar-refractivity contribution in [3.8, 4) is 11.1 Å². The van der Waals surface area contributed by atoms with Crippen LogP contribution in [0.1, 0.15) is 0 Å². The number of halogens is 2. The van der Waals surface area contributed by atoms with Gasteiger partial charge in [0, 0.05) is 5.56 Å². The second-order valence-electron chi connectivity index (χ2n) is 4.68. The van der Waals surface area contributed by atoms with E-state index in [2.05, 4.69) is 10.2 Å². The summed E-state index contributed by atoms with van der Waals surface area (Å²) in [6.45, 7) is 0. The van der Waals surface area contributed by atoms with Gasteiger partial charge in [0.2, 0.25) is 0 Å². The molecule has 2 nitrogen and oxygen atoms in total. The topological polar surface area (TPSA) is 24.7 Å². The van der Waals surface area contributed by atoms with Crippen LogP contribution in [0.5, 0.6) is 0 Å². The Kier molecular flexibility index (Phi) is 4.52. The number of hydrogen-bond donors (Lipinski definition) is 0. The highest BCUT2D eigenvalue weighted by molar-refractivity contribution is 6.42. The van der Waals surface area contributed by atoms with Crippen LogP contribution >= 0.6 is 23.2 Å². The molecule has 0 unspecified atom stereocenters. The summed E-state index contributed by atoms with van der Waals surface area (Å²) in [6, 6.07) is 23.0. The third kappa shape index (κ3) is 3.35. The van der Waals surface area contributed by atoms with Crippen LogP contribution in [0.15, 0.2) is 83.0 Å². The van der Waals surface area contributed by atoms with Gasteiger partial charge >= 0.3 is 0 Å². The molecule has 108 valence electrons. The largest absolute Gasteiger partial charge is 0.151 e. The van der Waals surface area contributed by atoms with Crippen LogP contribution in [0, 0.1) is 0 Å². The molecule has 3 aromatic rings. The summed E-state index contributed by atoms with van der Waals surface area (Å²) in [5.41, 5.74) is 3.51. The summed E-state index contributed by atoms with van der Waals surface area (Å²) in [7, 11) is 0. The molecule has 0 atom stereocenters. The van der Waals surface area contributed by atoms with E-state index in [0.29, 0.717) is 10.0 Å². The van der Waals surface area contributed by atoms with E-state index < -0.39 is 0 Å². The zero-order valence-electron chi connectivity index (χ0n) is 11.6. The highest BCUT2D eigenvalue weighted by Gasteiger charge is 2.06. The van der Waals surface area contributed by atoms with Gasteiger partial charge in [0.1, 0.15) is 0 Å². The highest BCUT2D eigenvalue weighted by Crippen LogP contribution is 2.34. The molecule has 3 rings (SSSR count). The van der Waals surface area contributed by atoms with Crippen LogP contribution in [0.3, 0.4) is 0 Å². The van der Waals surface area contributed by atoms with Gasteiger partial charge < -0.3 is 0 Å². The first-order valence-electron chi connectivity index (χ1n) is 6.75. The van der Waals surface area contributed by atoms with E-state index in [4.69, 9.17) is 23.2 Å². The van der Waals surface area contributed by atoms with Gasteiger partial charge in [0.15, 0.2) is 0 Å². The molecule has 4 heteroatoms. The van der Waals surface area contributed by atoms with Crippen molar-refractivity contribution in [2.45, 2.75) is 0 Å². The molecule has 3 aromatic carbocycles. The predicted octanol–water partition coefficient (Wildman–Crippen LogP) is 7.08. The molecule has 0 aliphatic carbocycles. The molecule has 0 aliphatic rings. The standard InChI is InChI=1S/C18H12Cl2N2/c19-16-11-10-13(12-17(16)20)15-8-4-5-9-18(15)22-21-14-6-2-1-3-7-14/h1-12H/b22-21+. The van der Waals surface area contributed by atoms with Crippen molar-refractivity contribution in [3.05, 3.63) is 82.8 Å². The summed E-state index contributed by atoms with van der Waals surface area (Å²) >= 11 is 12.1. The highest BCUT2D eigenvalue weighted by atomic mass is 35.5. The Labute approximate surface area is 139 Å². The Hall–Kier alpha value is -2.16. The summed E-state index contributed by atoms with van der Waals surface area (Å²) < 4.78 is 0. The number of benzene rings is 3. The number of hydrogen-bond acceptors (Lipinski definition) is 2. The van der Waals surface area contributed by atoms with Gasteiger partial charge in [-0.15, -0.1) is 5.11 Å². The second kappa shape index (κ2) is 6.73. The molecule has 0 N–H and O–H groups in total. The van der Waals surface area contributed by atoms with Gasteiger partial charge in [-0.1, -0.05) is 65.7 Å². The van der Waals surface area contributed by atoms with Gasteiger partial charge in [-0.2, -0.15) is 5.11 Å². The Bertz CT molecular complexity index is 814. The molecule has 0 bridgehead atoms. The SMILES string of the molecule is Clc1ccc(-c2ccccc2/N=N/c2ccccc2)cc1Cl. The van der Waals surface area contributed by atoms with Crippen LogP contribution < -0.4 is 0 Å². The number of azo groups is 1.